The molecule has 0 saturated heterocycles. The maximum Gasteiger partial charge on any atom is 0.325 e. The van der Waals surface area contributed by atoms with Gasteiger partial charge in [0.15, 0.2) is 11.4 Å². The Kier molecular flexibility index (Phi) is 9.27. The Hall–Kier alpha value is -3.37. The van der Waals surface area contributed by atoms with Crippen molar-refractivity contribution >= 4 is 34.7 Å². The van der Waals surface area contributed by atoms with Crippen LogP contribution < -0.4 is 9.80 Å². The molecule has 186 valence electrons. The molecule has 9 nitrogen and oxygen atoms in total. The highest BCUT2D eigenvalue weighted by molar-refractivity contribution is 8.12. The molecule has 35 heavy (non-hydrogen) atoms. The summed E-state index contributed by atoms with van der Waals surface area (Å²) in [5.41, 5.74) is 4.51. The summed E-state index contributed by atoms with van der Waals surface area (Å²) >= 11 is 1.15. The first-order chi connectivity index (χ1) is 16.9. The van der Waals surface area contributed by atoms with Gasteiger partial charge < -0.3 is 19.3 Å². The molecule has 1 atom stereocenters. The molecule has 1 unspecified atom stereocenters. The van der Waals surface area contributed by atoms with Crippen LogP contribution in [0.3, 0.4) is 0 Å². The van der Waals surface area contributed by atoms with E-state index in [1.165, 1.54) is 0 Å². The van der Waals surface area contributed by atoms with Gasteiger partial charge in [-0.3, -0.25) is 9.59 Å². The molecule has 10 heteroatoms. The molecule has 0 spiro atoms. The van der Waals surface area contributed by atoms with Crippen molar-refractivity contribution in [1.82, 2.24) is 14.8 Å². The third-order valence-electron chi connectivity index (χ3n) is 5.53. The van der Waals surface area contributed by atoms with Gasteiger partial charge in [-0.2, -0.15) is 5.10 Å². The summed E-state index contributed by atoms with van der Waals surface area (Å²) in [4.78, 5) is 32.1. The Morgan fingerprint density at radius 2 is 2.00 bits per heavy atom. The average Bonchev–Trinajstić information content (AvgIpc) is 3.34. The summed E-state index contributed by atoms with van der Waals surface area (Å²) in [5, 5.41) is 4.73. The Bertz CT molecular complexity index is 1140. The normalized spacial score (nSPS) is 11.7. The van der Waals surface area contributed by atoms with E-state index in [1.54, 1.807) is 29.8 Å². The lowest BCUT2D eigenvalue weighted by Crippen LogP contribution is -2.27. The predicted molar refractivity (Wildman–Crippen MR) is 138 cm³/mol. The van der Waals surface area contributed by atoms with Crippen LogP contribution in [0.2, 0.25) is 0 Å². The zero-order chi connectivity index (χ0) is 25.4. The highest BCUT2D eigenvalue weighted by Crippen LogP contribution is 2.33. The lowest BCUT2D eigenvalue weighted by molar-refractivity contribution is -0.141. The van der Waals surface area contributed by atoms with Gasteiger partial charge in [-0.05, 0) is 42.8 Å². The molecular formula is C25H31N5O4S. The summed E-state index contributed by atoms with van der Waals surface area (Å²) in [7, 11) is 5.38. The number of ether oxygens (including phenoxy) is 2. The fourth-order valence-corrected chi connectivity index (χ4v) is 4.28. The van der Waals surface area contributed by atoms with E-state index in [2.05, 4.69) is 11.9 Å². The van der Waals surface area contributed by atoms with Crippen LogP contribution in [0.1, 0.15) is 31.0 Å². The third-order valence-corrected chi connectivity index (χ3v) is 6.20. The van der Waals surface area contributed by atoms with Crippen molar-refractivity contribution in [2.75, 3.05) is 50.9 Å². The van der Waals surface area contributed by atoms with Crippen molar-refractivity contribution < 1.29 is 19.1 Å². The first kappa shape index (κ1) is 26.2. The molecule has 2 heterocycles. The number of thioether (sulfide) groups is 1. The average molecular weight is 498 g/mol. The Morgan fingerprint density at radius 1 is 1.20 bits per heavy atom. The van der Waals surface area contributed by atoms with E-state index in [0.29, 0.717) is 19.2 Å². The minimum atomic E-state index is -0.280. The molecule has 1 aromatic carbocycles. The minimum Gasteiger partial charge on any atom is -0.465 e. The number of methoxy groups -OCH3 is 1. The van der Waals surface area contributed by atoms with E-state index in [-0.39, 0.29) is 18.4 Å². The van der Waals surface area contributed by atoms with Crippen LogP contribution >= 0.6 is 11.8 Å². The number of esters is 1. The van der Waals surface area contributed by atoms with Gasteiger partial charge >= 0.3 is 5.97 Å². The van der Waals surface area contributed by atoms with Crippen LogP contribution in [0, 0.1) is 0 Å². The topological polar surface area (TPSA) is 89.8 Å². The summed E-state index contributed by atoms with van der Waals surface area (Å²) < 4.78 is 11.9. The van der Waals surface area contributed by atoms with Crippen LogP contribution in [-0.2, 0) is 19.1 Å². The van der Waals surface area contributed by atoms with Gasteiger partial charge in [0.1, 0.15) is 13.3 Å². The van der Waals surface area contributed by atoms with Crippen molar-refractivity contribution in [3.63, 3.8) is 0 Å². The van der Waals surface area contributed by atoms with E-state index in [0.717, 1.165) is 44.9 Å². The molecule has 0 aliphatic heterocycles. The maximum atomic E-state index is 11.7. The SMILES string of the molecule is CCOC(=O)CN(C)c1ccc(-n2ccc(C(C)c3ccc(N(C)COC)c(SC=O)c3)n2)nc1. The van der Waals surface area contributed by atoms with E-state index >= 15 is 0 Å². The quantitative estimate of drug-likeness (QED) is 0.161. The van der Waals surface area contributed by atoms with Crippen LogP contribution in [0.25, 0.3) is 5.82 Å². The minimum absolute atomic E-state index is 0.0130. The van der Waals surface area contributed by atoms with Crippen molar-refractivity contribution in [3.8, 4) is 5.82 Å². The number of carbonyl (C=O) groups excluding carboxylic acids is 2. The number of anilines is 2. The van der Waals surface area contributed by atoms with Gasteiger partial charge in [0.2, 0.25) is 0 Å². The van der Waals surface area contributed by atoms with Crippen LogP contribution in [0.4, 0.5) is 11.4 Å². The third kappa shape index (κ3) is 6.61. The monoisotopic (exact) mass is 497 g/mol. The summed E-state index contributed by atoms with van der Waals surface area (Å²) in [6, 6.07) is 11.8. The molecule has 0 N–H and O–H groups in total. The number of likely N-dealkylation sites (N-methyl/N-ethyl adjacent to an activating group) is 1. The van der Waals surface area contributed by atoms with Crippen LogP contribution in [-0.4, -0.2) is 67.4 Å². The van der Waals surface area contributed by atoms with Gasteiger partial charge in [0.05, 0.1) is 29.9 Å². The van der Waals surface area contributed by atoms with E-state index < -0.39 is 0 Å². The maximum absolute atomic E-state index is 11.7. The number of rotatable bonds is 12. The first-order valence-corrected chi connectivity index (χ1v) is 12.1. The Morgan fingerprint density at radius 3 is 2.66 bits per heavy atom. The van der Waals surface area contributed by atoms with E-state index in [9.17, 15) is 9.59 Å². The molecule has 0 aliphatic carbocycles. The van der Waals surface area contributed by atoms with Gasteiger partial charge in [0.25, 0.3) is 0 Å². The second-order valence-corrected chi connectivity index (χ2v) is 8.87. The standard InChI is InChI=1S/C25H31N5O4S/c1-6-34-25(32)15-28(3)20-8-10-24(26-14-20)30-12-11-21(27-30)18(2)19-7-9-22(29(4)16-33-5)23(13-19)35-17-31/h7-14,17-18H,6,15-16H2,1-5H3. The molecule has 0 radical (unpaired) electrons. The van der Waals surface area contributed by atoms with Crippen molar-refractivity contribution in [2.45, 2.75) is 24.7 Å². The Balaban J connectivity index is 1.76. The smallest absolute Gasteiger partial charge is 0.325 e. The first-order valence-electron chi connectivity index (χ1n) is 11.2. The molecule has 0 aliphatic rings. The molecular weight excluding hydrogens is 466 g/mol. The van der Waals surface area contributed by atoms with Gasteiger partial charge in [0, 0.05) is 38.2 Å². The number of benzene rings is 1. The fourth-order valence-electron chi connectivity index (χ4n) is 3.62. The van der Waals surface area contributed by atoms with Gasteiger partial charge in [-0.15, -0.1) is 0 Å². The van der Waals surface area contributed by atoms with Crippen LogP contribution in [0.15, 0.2) is 53.7 Å². The second-order valence-electron chi connectivity index (χ2n) is 8.00. The molecule has 0 bridgehead atoms. The zero-order valence-corrected chi connectivity index (χ0v) is 21.5. The highest BCUT2D eigenvalue weighted by Gasteiger charge is 2.17. The Labute approximate surface area is 210 Å². The fraction of sp³-hybridized carbons (Fsp3) is 0.360. The van der Waals surface area contributed by atoms with E-state index in [4.69, 9.17) is 14.6 Å². The lowest BCUT2D eigenvalue weighted by atomic mass is 9.97. The van der Waals surface area contributed by atoms with Crippen LogP contribution in [0.5, 0.6) is 0 Å². The van der Waals surface area contributed by atoms with E-state index in [1.807, 2.05) is 61.6 Å². The number of aromatic nitrogens is 3. The molecule has 3 rings (SSSR count). The van der Waals surface area contributed by atoms with Crippen molar-refractivity contribution in [2.24, 2.45) is 0 Å². The molecule has 0 amide bonds. The molecule has 0 saturated carbocycles. The van der Waals surface area contributed by atoms with Gasteiger partial charge in [-0.25, -0.2) is 9.67 Å². The lowest BCUT2D eigenvalue weighted by Gasteiger charge is -2.22. The van der Waals surface area contributed by atoms with Gasteiger partial charge in [-0.1, -0.05) is 24.8 Å². The highest BCUT2D eigenvalue weighted by atomic mass is 32.2. The number of hydrogen-bond donors (Lipinski definition) is 0. The second kappa shape index (κ2) is 12.4. The molecule has 3 aromatic rings. The number of hydrogen-bond acceptors (Lipinski definition) is 9. The summed E-state index contributed by atoms with van der Waals surface area (Å²) in [6.45, 7) is 4.80. The summed E-state index contributed by atoms with van der Waals surface area (Å²) in [6.07, 6.45) is 3.58. The zero-order valence-electron chi connectivity index (χ0n) is 20.7. The molecule has 0 fully saturated rings. The number of pyridine rings is 1. The number of carbonyl (C=O) groups is 2. The number of nitrogens with zero attached hydrogens (tertiary/aromatic N) is 5. The summed E-state index contributed by atoms with van der Waals surface area (Å²) in [5.74, 6) is 0.405. The molecule has 2 aromatic heterocycles. The van der Waals surface area contributed by atoms with Crippen molar-refractivity contribution in [3.05, 3.63) is 60.0 Å². The largest absolute Gasteiger partial charge is 0.465 e. The predicted octanol–water partition coefficient (Wildman–Crippen LogP) is 3.74. The van der Waals surface area contributed by atoms with Crippen molar-refractivity contribution in [1.29, 1.82) is 0 Å².